The quantitative estimate of drug-likeness (QED) is 0.258. The molecule has 5 heterocycles. The number of aryl methyl sites for hydroxylation is 4. The molecule has 0 N–H and O–H groups in total. The molecule has 6 nitrogen and oxygen atoms in total. The monoisotopic (exact) mass is 671 g/mol. The first-order chi connectivity index (χ1) is 16.1. The molecule has 0 saturated carbocycles. The van der Waals surface area contributed by atoms with Gasteiger partial charge in [0.1, 0.15) is 0 Å². The summed E-state index contributed by atoms with van der Waals surface area (Å²) in [5, 5.41) is 0. The van der Waals surface area contributed by atoms with Crippen LogP contribution in [0, 0.1) is 0 Å². The number of rotatable bonds is 0. The molecule has 0 fully saturated rings. The van der Waals surface area contributed by atoms with Gasteiger partial charge in [0.15, 0.2) is 0 Å². The van der Waals surface area contributed by atoms with Crippen molar-refractivity contribution in [3.05, 3.63) is 70.6 Å². The molecule has 5 rings (SSSR count). The van der Waals surface area contributed by atoms with Gasteiger partial charge in [-0.1, -0.05) is 23.5 Å². The van der Waals surface area contributed by atoms with E-state index in [4.69, 9.17) is 0 Å². The molecule has 0 unspecified atom stereocenters. The van der Waals surface area contributed by atoms with E-state index in [9.17, 15) is 26.3 Å². The van der Waals surface area contributed by atoms with Crippen molar-refractivity contribution in [1.82, 2.24) is 29.9 Å². The smallest absolute Gasteiger partial charge is 0.438 e. The van der Waals surface area contributed by atoms with Gasteiger partial charge in [0.05, 0.1) is 11.4 Å². The van der Waals surface area contributed by atoms with Gasteiger partial charge in [-0.3, -0.25) is 4.98 Å². The Kier molecular flexibility index (Phi) is 6.61. The molecule has 0 spiro atoms. The van der Waals surface area contributed by atoms with Crippen LogP contribution in [0.4, 0.5) is 26.3 Å². The second-order valence-electron chi connectivity index (χ2n) is 7.71. The first-order valence-corrected chi connectivity index (χ1v) is 10.2. The number of halogens is 6. The standard InChI is InChI=1S/C22H14F6N6.Pt/c23-21(24,25)17-13-9-7-11-3-1-4-12(29-11)8-10-14-18(22(26,27)28)34-20(32-14)16-6-2-5-15(30-16)19(31-13)33-17;/h1-6H,7-10H2;/q-2;+2. The first-order valence-electron chi connectivity index (χ1n) is 10.2. The number of alkyl halides is 6. The Labute approximate surface area is 208 Å². The minimum absolute atomic E-state index is 0. The third kappa shape index (κ3) is 5.17. The van der Waals surface area contributed by atoms with Crippen LogP contribution in [-0.4, -0.2) is 19.9 Å². The van der Waals surface area contributed by atoms with Gasteiger partial charge in [0.25, 0.3) is 0 Å². The molecular formula is C22H14F6N6Pt. The van der Waals surface area contributed by atoms with Gasteiger partial charge in [0.2, 0.25) is 0 Å². The van der Waals surface area contributed by atoms with Gasteiger partial charge in [-0.25, -0.2) is 4.98 Å². The molecular weight excluding hydrogens is 657 g/mol. The molecule has 8 bridgehead atoms. The molecule has 35 heavy (non-hydrogen) atoms. The fourth-order valence-electron chi connectivity index (χ4n) is 3.77. The summed E-state index contributed by atoms with van der Waals surface area (Å²) in [7, 11) is 0. The molecule has 0 aliphatic carbocycles. The van der Waals surface area contributed by atoms with Crippen LogP contribution >= 0.6 is 0 Å². The SMILES string of the molecule is FC(F)(F)c1nc2[n-]c1CCc1cccc(n1)CCc1[n-]c(nc1C(F)(F)F)-c1cccc-2n1.[Pt+2]. The molecule has 0 amide bonds. The van der Waals surface area contributed by atoms with Gasteiger partial charge in [-0.15, -0.1) is 0 Å². The van der Waals surface area contributed by atoms with E-state index < -0.39 is 23.7 Å². The zero-order chi connectivity index (χ0) is 24.1. The predicted molar refractivity (Wildman–Crippen MR) is 106 cm³/mol. The van der Waals surface area contributed by atoms with Crippen molar-refractivity contribution in [2.75, 3.05) is 0 Å². The maximum absolute atomic E-state index is 13.6. The Morgan fingerprint density at radius 1 is 0.571 bits per heavy atom. The van der Waals surface area contributed by atoms with E-state index in [1.54, 1.807) is 18.2 Å². The Bertz CT molecular complexity index is 1260. The fourth-order valence-corrected chi connectivity index (χ4v) is 3.77. The average Bonchev–Trinajstić information content (AvgIpc) is 3.41. The number of fused-ring (bicyclic) bond motifs is 10. The summed E-state index contributed by atoms with van der Waals surface area (Å²) in [5.41, 5.74) is -1.81. The van der Waals surface area contributed by atoms with Crippen molar-refractivity contribution in [2.24, 2.45) is 0 Å². The Hall–Kier alpha value is -3.01. The van der Waals surface area contributed by atoms with E-state index in [-0.39, 0.29) is 81.2 Å². The molecule has 13 heteroatoms. The van der Waals surface area contributed by atoms with Gasteiger partial charge in [-0.05, 0) is 61.6 Å². The minimum atomic E-state index is -4.73. The van der Waals surface area contributed by atoms with Crippen LogP contribution in [0.1, 0.15) is 34.2 Å². The van der Waals surface area contributed by atoms with E-state index in [2.05, 4.69) is 29.9 Å². The van der Waals surface area contributed by atoms with Crippen LogP contribution in [0.25, 0.3) is 23.0 Å². The Morgan fingerprint density at radius 3 is 1.43 bits per heavy atom. The van der Waals surface area contributed by atoms with Crippen LogP contribution in [0.15, 0.2) is 36.4 Å². The van der Waals surface area contributed by atoms with Crippen molar-refractivity contribution in [3.8, 4) is 23.0 Å². The minimum Gasteiger partial charge on any atom is -0.438 e. The van der Waals surface area contributed by atoms with Gasteiger partial charge >= 0.3 is 33.4 Å². The zero-order valence-corrected chi connectivity index (χ0v) is 19.8. The number of imidazole rings is 2. The van der Waals surface area contributed by atoms with Crippen LogP contribution in [-0.2, 0) is 59.1 Å². The molecule has 4 aromatic heterocycles. The fraction of sp³-hybridized carbons (Fsp3) is 0.273. The number of hydrogen-bond acceptors (Lipinski definition) is 4. The third-order valence-corrected chi connectivity index (χ3v) is 5.31. The van der Waals surface area contributed by atoms with Crippen molar-refractivity contribution < 1.29 is 47.4 Å². The van der Waals surface area contributed by atoms with Gasteiger partial charge in [0, 0.05) is 22.8 Å². The average molecular weight is 671 g/mol. The van der Waals surface area contributed by atoms with E-state index in [1.807, 2.05) is 0 Å². The Morgan fingerprint density at radius 2 is 1.00 bits per heavy atom. The predicted octanol–water partition coefficient (Wildman–Crippen LogP) is 4.43. The second kappa shape index (κ2) is 9.22. The summed E-state index contributed by atoms with van der Waals surface area (Å²) in [6, 6.07) is 9.14. The number of hydrogen-bond donors (Lipinski definition) is 0. The van der Waals surface area contributed by atoms with Gasteiger partial charge in [-0.2, -0.15) is 26.3 Å². The summed E-state index contributed by atoms with van der Waals surface area (Å²) in [6.07, 6.45) is -9.30. The van der Waals surface area contributed by atoms with Crippen LogP contribution in [0.3, 0.4) is 0 Å². The molecule has 0 saturated heterocycles. The molecule has 1 aliphatic rings. The molecule has 0 aromatic carbocycles. The molecule has 184 valence electrons. The second-order valence-corrected chi connectivity index (χ2v) is 7.71. The summed E-state index contributed by atoms with van der Waals surface area (Å²) in [4.78, 5) is 24.0. The van der Waals surface area contributed by atoms with E-state index in [0.29, 0.717) is 11.4 Å². The normalized spacial score (nSPS) is 13.9. The maximum Gasteiger partial charge on any atom is 2.00 e. The van der Waals surface area contributed by atoms with Crippen molar-refractivity contribution >= 4 is 0 Å². The largest absolute Gasteiger partial charge is 2.00 e. The van der Waals surface area contributed by atoms with Crippen LogP contribution < -0.4 is 9.97 Å². The summed E-state index contributed by atoms with van der Waals surface area (Å²) in [6.45, 7) is 0. The topological polar surface area (TPSA) is 79.8 Å². The van der Waals surface area contributed by atoms with E-state index in [1.165, 1.54) is 18.2 Å². The molecule has 4 aromatic rings. The van der Waals surface area contributed by atoms with Crippen molar-refractivity contribution in [2.45, 2.75) is 38.0 Å². The number of pyridine rings is 2. The summed E-state index contributed by atoms with van der Waals surface area (Å²) < 4.78 is 81.7. The molecule has 0 atom stereocenters. The number of nitrogens with zero attached hydrogens (tertiary/aromatic N) is 6. The third-order valence-electron chi connectivity index (χ3n) is 5.31. The zero-order valence-electron chi connectivity index (χ0n) is 17.6. The van der Waals surface area contributed by atoms with Crippen LogP contribution in [0.2, 0.25) is 0 Å². The molecule has 1 aliphatic heterocycles. The van der Waals surface area contributed by atoms with E-state index >= 15 is 0 Å². The van der Waals surface area contributed by atoms with Gasteiger partial charge < -0.3 is 19.9 Å². The summed E-state index contributed by atoms with van der Waals surface area (Å²) >= 11 is 0. The maximum atomic E-state index is 13.6. The number of aromatic nitrogens is 6. The van der Waals surface area contributed by atoms with Crippen molar-refractivity contribution in [3.63, 3.8) is 0 Å². The summed E-state index contributed by atoms with van der Waals surface area (Å²) in [5.74, 6) is -0.554. The first kappa shape index (κ1) is 25.1. The van der Waals surface area contributed by atoms with Crippen LogP contribution in [0.5, 0.6) is 0 Å². The Balaban J connectivity index is 0.00000289. The van der Waals surface area contributed by atoms with Crippen molar-refractivity contribution in [1.29, 1.82) is 0 Å². The van der Waals surface area contributed by atoms with E-state index in [0.717, 1.165) is 0 Å². The molecule has 0 radical (unpaired) electrons.